The largest absolute Gasteiger partial charge is 0.326 e. The molecule has 0 fully saturated rings. The molecule has 0 aliphatic heterocycles. The molecule has 0 radical (unpaired) electrons. The molecule has 108 valence electrons. The second kappa shape index (κ2) is 6.76. The van der Waals surface area contributed by atoms with Gasteiger partial charge in [-0.2, -0.15) is 0 Å². The normalized spacial score (nSPS) is 9.81. The molecule has 0 spiro atoms. The van der Waals surface area contributed by atoms with E-state index in [0.717, 1.165) is 0 Å². The predicted octanol–water partition coefficient (Wildman–Crippen LogP) is 3.94. The zero-order chi connectivity index (χ0) is 15.2. The third-order valence-corrected chi connectivity index (χ3v) is 2.76. The minimum Gasteiger partial charge on any atom is -0.326 e. The average molecular weight is 304 g/mol. The fourth-order valence-electron chi connectivity index (χ4n) is 1.74. The molecule has 0 bridgehead atoms. The van der Waals surface area contributed by atoms with Crippen LogP contribution in [0, 0.1) is 0 Å². The first-order valence-electron chi connectivity index (χ1n) is 6.24. The minimum atomic E-state index is -0.391. The van der Waals surface area contributed by atoms with E-state index < -0.39 is 6.03 Å². The molecule has 2 rings (SSSR count). The van der Waals surface area contributed by atoms with Crippen molar-refractivity contribution in [3.8, 4) is 0 Å². The van der Waals surface area contributed by atoms with Crippen molar-refractivity contribution < 1.29 is 9.59 Å². The minimum absolute atomic E-state index is 0.171. The highest BCUT2D eigenvalue weighted by Crippen LogP contribution is 2.17. The number of amides is 3. The van der Waals surface area contributed by atoms with Crippen molar-refractivity contribution in [2.75, 3.05) is 16.0 Å². The molecule has 0 atom stereocenters. The van der Waals surface area contributed by atoms with E-state index in [1.807, 2.05) is 0 Å². The van der Waals surface area contributed by atoms with Crippen LogP contribution in [0.5, 0.6) is 0 Å². The molecule has 5 nitrogen and oxygen atoms in total. The molecule has 0 saturated carbocycles. The van der Waals surface area contributed by atoms with E-state index in [9.17, 15) is 9.59 Å². The molecule has 6 heteroatoms. The van der Waals surface area contributed by atoms with Crippen LogP contribution < -0.4 is 16.0 Å². The lowest BCUT2D eigenvalue weighted by Gasteiger charge is -2.09. The van der Waals surface area contributed by atoms with E-state index >= 15 is 0 Å². The third-order valence-electron chi connectivity index (χ3n) is 2.52. The van der Waals surface area contributed by atoms with Gasteiger partial charge in [0.1, 0.15) is 0 Å². The van der Waals surface area contributed by atoms with Gasteiger partial charge in [0, 0.05) is 29.0 Å². The van der Waals surface area contributed by atoms with E-state index in [-0.39, 0.29) is 5.91 Å². The Hall–Kier alpha value is -2.53. The number of urea groups is 1. The molecule has 2 aromatic rings. The maximum Gasteiger partial charge on any atom is 0.323 e. The summed E-state index contributed by atoms with van der Waals surface area (Å²) in [5, 5.41) is 8.54. The first-order chi connectivity index (χ1) is 10.0. The summed E-state index contributed by atoms with van der Waals surface area (Å²) in [5.74, 6) is -0.171. The summed E-state index contributed by atoms with van der Waals surface area (Å²) in [5.41, 5.74) is 1.78. The van der Waals surface area contributed by atoms with Crippen LogP contribution in [-0.2, 0) is 4.79 Å². The second-order valence-corrected chi connectivity index (χ2v) is 4.79. The van der Waals surface area contributed by atoms with E-state index in [0.29, 0.717) is 22.1 Å². The first-order valence-corrected chi connectivity index (χ1v) is 6.62. The maximum absolute atomic E-state index is 11.9. The Kier molecular flexibility index (Phi) is 4.79. The molecule has 0 aromatic heterocycles. The molecule has 3 N–H and O–H groups in total. The average Bonchev–Trinajstić information content (AvgIpc) is 2.37. The molecule has 0 aliphatic carbocycles. The highest BCUT2D eigenvalue weighted by atomic mass is 35.5. The van der Waals surface area contributed by atoms with Gasteiger partial charge < -0.3 is 16.0 Å². The van der Waals surface area contributed by atoms with E-state index in [2.05, 4.69) is 16.0 Å². The van der Waals surface area contributed by atoms with Gasteiger partial charge in [0.15, 0.2) is 0 Å². The number of benzene rings is 2. The van der Waals surface area contributed by atoms with Gasteiger partial charge in [0.2, 0.25) is 5.91 Å². The third kappa shape index (κ3) is 4.81. The molecule has 21 heavy (non-hydrogen) atoms. The van der Waals surface area contributed by atoms with Crippen LogP contribution >= 0.6 is 11.6 Å². The van der Waals surface area contributed by atoms with Crippen molar-refractivity contribution in [3.63, 3.8) is 0 Å². The van der Waals surface area contributed by atoms with Gasteiger partial charge >= 0.3 is 6.03 Å². The smallest absolute Gasteiger partial charge is 0.323 e. The van der Waals surface area contributed by atoms with Crippen LogP contribution in [0.15, 0.2) is 48.5 Å². The van der Waals surface area contributed by atoms with Crippen molar-refractivity contribution in [1.82, 2.24) is 0 Å². The summed E-state index contributed by atoms with van der Waals surface area (Å²) in [6.07, 6.45) is 0. The molecule has 0 aliphatic rings. The van der Waals surface area contributed by atoms with Crippen molar-refractivity contribution in [1.29, 1.82) is 0 Å². The van der Waals surface area contributed by atoms with Gasteiger partial charge in [-0.05, 0) is 36.4 Å². The molecular weight excluding hydrogens is 290 g/mol. The standard InChI is InChI=1S/C15H14ClN3O2/c1-10(20)17-13-6-3-7-14(9-13)19-15(21)18-12-5-2-4-11(16)8-12/h2-9H,1H3,(H,17,20)(H2,18,19,21). The number of hydrogen-bond donors (Lipinski definition) is 3. The Morgan fingerprint density at radius 3 is 1.95 bits per heavy atom. The first kappa shape index (κ1) is 14.9. The fourth-order valence-corrected chi connectivity index (χ4v) is 1.93. The van der Waals surface area contributed by atoms with Gasteiger partial charge in [0.05, 0.1) is 0 Å². The summed E-state index contributed by atoms with van der Waals surface area (Å²) < 4.78 is 0. The van der Waals surface area contributed by atoms with E-state index in [1.165, 1.54) is 6.92 Å². The number of carbonyl (C=O) groups excluding carboxylic acids is 2. The maximum atomic E-state index is 11.9. The summed E-state index contributed by atoms with van der Waals surface area (Å²) >= 11 is 5.85. The number of halogens is 1. The Labute approximate surface area is 127 Å². The van der Waals surface area contributed by atoms with Crippen LogP contribution in [-0.4, -0.2) is 11.9 Å². The molecule has 2 aromatic carbocycles. The summed E-state index contributed by atoms with van der Waals surface area (Å²) in [4.78, 5) is 22.9. The Bertz CT molecular complexity index is 673. The SMILES string of the molecule is CC(=O)Nc1cccc(NC(=O)Nc2cccc(Cl)c2)c1. The molecule has 0 heterocycles. The number of hydrogen-bond acceptors (Lipinski definition) is 2. The van der Waals surface area contributed by atoms with Gasteiger partial charge in [-0.1, -0.05) is 23.7 Å². The lowest BCUT2D eigenvalue weighted by atomic mass is 10.2. The van der Waals surface area contributed by atoms with Crippen LogP contribution in [0.3, 0.4) is 0 Å². The Balaban J connectivity index is 2.01. The summed E-state index contributed by atoms with van der Waals surface area (Å²) in [6, 6.07) is 13.3. The summed E-state index contributed by atoms with van der Waals surface area (Å²) in [6.45, 7) is 1.42. The van der Waals surface area contributed by atoms with E-state index in [1.54, 1.807) is 48.5 Å². The topological polar surface area (TPSA) is 70.2 Å². The highest BCUT2D eigenvalue weighted by Gasteiger charge is 2.04. The molecular formula is C15H14ClN3O2. The second-order valence-electron chi connectivity index (χ2n) is 4.35. The number of rotatable bonds is 3. The molecule has 0 saturated heterocycles. The van der Waals surface area contributed by atoms with E-state index in [4.69, 9.17) is 11.6 Å². The lowest BCUT2D eigenvalue weighted by molar-refractivity contribution is -0.114. The van der Waals surface area contributed by atoms with Gasteiger partial charge in [-0.3, -0.25) is 4.79 Å². The Morgan fingerprint density at radius 1 is 0.857 bits per heavy atom. The predicted molar refractivity (Wildman–Crippen MR) is 84.8 cm³/mol. The number of carbonyl (C=O) groups is 2. The van der Waals surface area contributed by atoms with Gasteiger partial charge in [-0.25, -0.2) is 4.79 Å². The zero-order valence-electron chi connectivity index (χ0n) is 11.3. The van der Waals surface area contributed by atoms with Crippen LogP contribution in [0.4, 0.5) is 21.9 Å². The van der Waals surface area contributed by atoms with Gasteiger partial charge in [0.25, 0.3) is 0 Å². The summed E-state index contributed by atoms with van der Waals surface area (Å²) in [7, 11) is 0. The van der Waals surface area contributed by atoms with Crippen LogP contribution in [0.1, 0.15) is 6.92 Å². The fraction of sp³-hybridized carbons (Fsp3) is 0.0667. The van der Waals surface area contributed by atoms with Crippen molar-refractivity contribution in [2.45, 2.75) is 6.92 Å². The highest BCUT2D eigenvalue weighted by molar-refractivity contribution is 6.30. The van der Waals surface area contributed by atoms with Crippen LogP contribution in [0.2, 0.25) is 5.02 Å². The number of anilines is 3. The van der Waals surface area contributed by atoms with Crippen molar-refractivity contribution in [2.24, 2.45) is 0 Å². The van der Waals surface area contributed by atoms with Crippen LogP contribution in [0.25, 0.3) is 0 Å². The molecule has 0 unspecified atom stereocenters. The van der Waals surface area contributed by atoms with Gasteiger partial charge in [-0.15, -0.1) is 0 Å². The monoisotopic (exact) mass is 303 g/mol. The number of nitrogens with one attached hydrogen (secondary N) is 3. The molecule has 3 amide bonds. The lowest BCUT2D eigenvalue weighted by Crippen LogP contribution is -2.19. The quantitative estimate of drug-likeness (QED) is 0.803. The van der Waals surface area contributed by atoms with Crippen molar-refractivity contribution in [3.05, 3.63) is 53.6 Å². The van der Waals surface area contributed by atoms with Crippen molar-refractivity contribution >= 4 is 40.6 Å². The Morgan fingerprint density at radius 2 is 1.38 bits per heavy atom. The zero-order valence-corrected chi connectivity index (χ0v) is 12.1.